The van der Waals surface area contributed by atoms with E-state index in [1.165, 1.54) is 31.3 Å². The molecule has 2 heteroatoms. The minimum atomic E-state index is -0.666. The van der Waals surface area contributed by atoms with E-state index in [0.29, 0.717) is 12.3 Å². The molecule has 0 bridgehead atoms. The summed E-state index contributed by atoms with van der Waals surface area (Å²) >= 11 is 0. The van der Waals surface area contributed by atoms with Gasteiger partial charge in [0.15, 0.2) is 0 Å². The van der Waals surface area contributed by atoms with E-state index in [-0.39, 0.29) is 0 Å². The van der Waals surface area contributed by atoms with Crippen LogP contribution in [0, 0.1) is 5.92 Å². The second-order valence-electron chi connectivity index (χ2n) is 3.74. The van der Waals surface area contributed by atoms with Crippen LogP contribution < -0.4 is 0 Å². The molecular weight excluding hydrogens is 164 g/mol. The average Bonchev–Trinajstić information content (AvgIpc) is 2.15. The second kappa shape index (κ2) is 5.05. The van der Waals surface area contributed by atoms with Gasteiger partial charge in [0.05, 0.1) is 0 Å². The van der Waals surface area contributed by atoms with E-state index >= 15 is 0 Å². The summed E-state index contributed by atoms with van der Waals surface area (Å²) < 4.78 is 0. The van der Waals surface area contributed by atoms with Crippen LogP contribution in [0.4, 0.5) is 0 Å². The fraction of sp³-hybridized carbons (Fsp3) is 0.727. The Balaban J connectivity index is 2.41. The van der Waals surface area contributed by atoms with E-state index in [9.17, 15) is 4.79 Å². The normalized spacial score (nSPS) is 26.2. The Morgan fingerprint density at radius 3 is 3.00 bits per heavy atom. The highest BCUT2D eigenvalue weighted by molar-refractivity contribution is 5.66. The monoisotopic (exact) mass is 182 g/mol. The molecule has 1 aliphatic carbocycles. The van der Waals surface area contributed by atoms with Crippen molar-refractivity contribution in [2.45, 2.75) is 45.4 Å². The molecule has 0 heterocycles. The molecule has 1 N–H and O–H groups in total. The fourth-order valence-corrected chi connectivity index (χ4v) is 2.12. The van der Waals surface area contributed by atoms with Crippen LogP contribution in [0.2, 0.25) is 0 Å². The van der Waals surface area contributed by atoms with Crippen molar-refractivity contribution in [3.8, 4) is 0 Å². The summed E-state index contributed by atoms with van der Waals surface area (Å²) in [6.07, 6.45) is 8.24. The largest absolute Gasteiger partial charge is 0.481 e. The lowest BCUT2D eigenvalue weighted by atomic mass is 9.81. The molecule has 1 fully saturated rings. The molecule has 0 radical (unpaired) electrons. The minimum Gasteiger partial charge on any atom is -0.481 e. The maximum absolute atomic E-state index is 10.4. The minimum absolute atomic E-state index is 0.321. The van der Waals surface area contributed by atoms with E-state index in [2.05, 4.69) is 13.0 Å². The van der Waals surface area contributed by atoms with Crippen molar-refractivity contribution in [2.24, 2.45) is 5.92 Å². The first-order chi connectivity index (χ1) is 6.24. The van der Waals surface area contributed by atoms with Crippen LogP contribution in [0.1, 0.15) is 45.4 Å². The van der Waals surface area contributed by atoms with Crippen molar-refractivity contribution < 1.29 is 9.90 Å². The Morgan fingerprint density at radius 2 is 2.38 bits per heavy atom. The van der Waals surface area contributed by atoms with Gasteiger partial charge in [0.1, 0.15) is 0 Å². The molecule has 0 aromatic carbocycles. The maximum Gasteiger partial charge on any atom is 0.303 e. The second-order valence-corrected chi connectivity index (χ2v) is 3.74. The zero-order valence-corrected chi connectivity index (χ0v) is 8.25. The van der Waals surface area contributed by atoms with Gasteiger partial charge >= 0.3 is 5.97 Å². The number of allylic oxidation sites excluding steroid dienone is 2. The van der Waals surface area contributed by atoms with E-state index in [4.69, 9.17) is 5.11 Å². The Morgan fingerprint density at radius 1 is 1.62 bits per heavy atom. The van der Waals surface area contributed by atoms with Gasteiger partial charge < -0.3 is 5.11 Å². The molecular formula is C11H18O2. The molecule has 2 nitrogen and oxygen atoms in total. The van der Waals surface area contributed by atoms with Gasteiger partial charge in [-0.3, -0.25) is 4.79 Å². The molecule has 1 saturated carbocycles. The van der Waals surface area contributed by atoms with Crippen LogP contribution in [0.5, 0.6) is 0 Å². The highest BCUT2D eigenvalue weighted by Crippen LogP contribution is 2.32. The number of rotatable bonds is 3. The van der Waals surface area contributed by atoms with Crippen LogP contribution in [0.15, 0.2) is 11.6 Å². The number of carboxylic acid groups (broad SMARTS) is 1. The molecule has 0 aliphatic heterocycles. The predicted octanol–water partition coefficient (Wildman–Crippen LogP) is 2.99. The van der Waals surface area contributed by atoms with E-state index < -0.39 is 5.97 Å². The van der Waals surface area contributed by atoms with Crippen molar-refractivity contribution in [1.29, 1.82) is 0 Å². The zero-order chi connectivity index (χ0) is 9.68. The van der Waals surface area contributed by atoms with Gasteiger partial charge in [0.2, 0.25) is 0 Å². The third-order valence-corrected chi connectivity index (χ3v) is 2.87. The molecule has 0 aromatic heterocycles. The number of hydrogen-bond acceptors (Lipinski definition) is 1. The fourth-order valence-electron chi connectivity index (χ4n) is 2.12. The molecule has 1 aliphatic rings. The van der Waals surface area contributed by atoms with Crippen LogP contribution in [0.25, 0.3) is 0 Å². The third-order valence-electron chi connectivity index (χ3n) is 2.87. The van der Waals surface area contributed by atoms with Gasteiger partial charge in [0.25, 0.3) is 0 Å². The van der Waals surface area contributed by atoms with Gasteiger partial charge in [-0.15, -0.1) is 0 Å². The number of aliphatic carboxylic acids is 1. The van der Waals surface area contributed by atoms with Gasteiger partial charge in [-0.05, 0) is 38.5 Å². The summed E-state index contributed by atoms with van der Waals surface area (Å²) in [7, 11) is 0. The van der Waals surface area contributed by atoms with Crippen LogP contribution in [-0.2, 0) is 4.79 Å². The summed E-state index contributed by atoms with van der Waals surface area (Å²) in [4.78, 5) is 10.4. The molecule has 13 heavy (non-hydrogen) atoms. The first-order valence-corrected chi connectivity index (χ1v) is 5.11. The highest BCUT2D eigenvalue weighted by atomic mass is 16.4. The molecule has 1 unspecified atom stereocenters. The first-order valence-electron chi connectivity index (χ1n) is 5.11. The summed E-state index contributed by atoms with van der Waals surface area (Å²) in [5.74, 6) is -0.115. The van der Waals surface area contributed by atoms with Gasteiger partial charge in [-0.25, -0.2) is 0 Å². The molecule has 0 aromatic rings. The Kier molecular flexibility index (Phi) is 4.00. The number of hydrogen-bond donors (Lipinski definition) is 1. The van der Waals surface area contributed by atoms with Crippen LogP contribution >= 0.6 is 0 Å². The number of carboxylic acids is 1. The lowest BCUT2D eigenvalue weighted by Gasteiger charge is -2.24. The van der Waals surface area contributed by atoms with Gasteiger partial charge in [-0.1, -0.05) is 18.1 Å². The molecule has 74 valence electrons. The lowest BCUT2D eigenvalue weighted by molar-refractivity contribution is -0.137. The van der Waals surface area contributed by atoms with Gasteiger partial charge in [0, 0.05) is 6.42 Å². The topological polar surface area (TPSA) is 37.3 Å². The van der Waals surface area contributed by atoms with Crippen molar-refractivity contribution >= 4 is 5.97 Å². The molecule has 0 amide bonds. The quantitative estimate of drug-likeness (QED) is 0.681. The zero-order valence-electron chi connectivity index (χ0n) is 8.25. The van der Waals surface area contributed by atoms with Crippen molar-refractivity contribution in [3.05, 3.63) is 11.6 Å². The standard InChI is InChI=1S/C11H18O2/c1-2-9-5-3-4-6-10(9)7-8-11(12)13/h2,10H,3-8H2,1H3,(H,12,13)/b9-2+. The third kappa shape index (κ3) is 3.21. The molecule has 1 atom stereocenters. The summed E-state index contributed by atoms with van der Waals surface area (Å²) in [5.41, 5.74) is 1.48. The first kappa shape index (κ1) is 10.3. The van der Waals surface area contributed by atoms with E-state index in [0.717, 1.165) is 6.42 Å². The summed E-state index contributed by atoms with van der Waals surface area (Å²) in [5, 5.41) is 8.58. The van der Waals surface area contributed by atoms with Crippen LogP contribution in [0.3, 0.4) is 0 Å². The highest BCUT2D eigenvalue weighted by Gasteiger charge is 2.18. The number of carbonyl (C=O) groups is 1. The Labute approximate surface area is 79.6 Å². The molecule has 0 spiro atoms. The Bertz CT molecular complexity index is 206. The predicted molar refractivity (Wildman–Crippen MR) is 52.6 cm³/mol. The van der Waals surface area contributed by atoms with Crippen molar-refractivity contribution in [3.63, 3.8) is 0 Å². The SMILES string of the molecule is C/C=C1\CCCCC1CCC(=O)O. The van der Waals surface area contributed by atoms with E-state index in [1.807, 2.05) is 0 Å². The molecule has 1 rings (SSSR count). The molecule has 0 saturated heterocycles. The van der Waals surface area contributed by atoms with Crippen LogP contribution in [-0.4, -0.2) is 11.1 Å². The Hall–Kier alpha value is -0.790. The van der Waals surface area contributed by atoms with Gasteiger partial charge in [-0.2, -0.15) is 0 Å². The summed E-state index contributed by atoms with van der Waals surface area (Å²) in [6.45, 7) is 2.06. The van der Waals surface area contributed by atoms with E-state index in [1.54, 1.807) is 0 Å². The smallest absolute Gasteiger partial charge is 0.303 e. The lowest BCUT2D eigenvalue weighted by Crippen LogP contribution is -2.11. The van der Waals surface area contributed by atoms with Crippen molar-refractivity contribution in [1.82, 2.24) is 0 Å². The average molecular weight is 182 g/mol. The van der Waals surface area contributed by atoms with Crippen molar-refractivity contribution in [2.75, 3.05) is 0 Å². The summed E-state index contributed by atoms with van der Waals surface area (Å²) in [6, 6.07) is 0. The maximum atomic E-state index is 10.4.